The highest BCUT2D eigenvalue weighted by Crippen LogP contribution is 2.30. The monoisotopic (exact) mass is 327 g/mol. The maximum atomic E-state index is 5.95. The van der Waals surface area contributed by atoms with Crippen LogP contribution in [0.5, 0.6) is 5.75 Å². The number of ether oxygens (including phenoxy) is 1. The minimum atomic E-state index is 0.766. The van der Waals surface area contributed by atoms with Crippen LogP contribution in [0.3, 0.4) is 0 Å². The molecular formula is C20H29N3O. The molecule has 3 rings (SSSR count). The van der Waals surface area contributed by atoms with Crippen molar-refractivity contribution >= 4 is 16.5 Å². The van der Waals surface area contributed by atoms with E-state index in [9.17, 15) is 0 Å². The highest BCUT2D eigenvalue weighted by molar-refractivity contribution is 5.95. The van der Waals surface area contributed by atoms with E-state index >= 15 is 0 Å². The van der Waals surface area contributed by atoms with E-state index in [1.807, 2.05) is 0 Å². The summed E-state index contributed by atoms with van der Waals surface area (Å²) in [5.41, 5.74) is 6.86. The molecule has 1 heterocycles. The van der Waals surface area contributed by atoms with Crippen LogP contribution >= 0.6 is 0 Å². The Labute approximate surface area is 145 Å². The summed E-state index contributed by atoms with van der Waals surface area (Å²) < 4.78 is 5.95. The fraction of sp³-hybridized carbons (Fsp3) is 0.500. The zero-order chi connectivity index (χ0) is 16.8. The molecule has 0 aliphatic carbocycles. The number of likely N-dealkylation sites (N-methyl/N-ethyl adjacent to an activating group) is 1. The first-order valence-electron chi connectivity index (χ1n) is 9.07. The van der Waals surface area contributed by atoms with Gasteiger partial charge >= 0.3 is 0 Å². The summed E-state index contributed by atoms with van der Waals surface area (Å²) in [4.78, 5) is 4.88. The molecule has 0 unspecified atom stereocenters. The van der Waals surface area contributed by atoms with Gasteiger partial charge in [0.1, 0.15) is 5.75 Å². The van der Waals surface area contributed by atoms with Crippen molar-refractivity contribution in [3.8, 4) is 5.75 Å². The molecule has 2 N–H and O–H groups in total. The molecule has 0 aromatic heterocycles. The molecule has 4 nitrogen and oxygen atoms in total. The fourth-order valence-electron chi connectivity index (χ4n) is 3.26. The minimum Gasteiger partial charge on any atom is -0.494 e. The van der Waals surface area contributed by atoms with Crippen LogP contribution in [-0.4, -0.2) is 51.3 Å². The lowest BCUT2D eigenvalue weighted by Gasteiger charge is -2.34. The first-order chi connectivity index (χ1) is 11.8. The molecule has 0 spiro atoms. The van der Waals surface area contributed by atoms with Gasteiger partial charge in [0.2, 0.25) is 0 Å². The summed E-state index contributed by atoms with van der Waals surface area (Å²) in [6.45, 7) is 5.94. The zero-order valence-electron chi connectivity index (χ0n) is 14.7. The van der Waals surface area contributed by atoms with Crippen molar-refractivity contribution in [3.63, 3.8) is 0 Å². The molecule has 2 aromatic rings. The second kappa shape index (κ2) is 8.36. The van der Waals surface area contributed by atoms with E-state index in [-0.39, 0.29) is 0 Å². The second-order valence-electron chi connectivity index (χ2n) is 6.65. The molecule has 1 saturated heterocycles. The van der Waals surface area contributed by atoms with Gasteiger partial charge in [0.05, 0.1) is 6.61 Å². The van der Waals surface area contributed by atoms with Gasteiger partial charge in [0.15, 0.2) is 0 Å². The Morgan fingerprint density at radius 1 is 1.00 bits per heavy atom. The Morgan fingerprint density at radius 2 is 1.83 bits per heavy atom. The van der Waals surface area contributed by atoms with E-state index in [1.54, 1.807) is 0 Å². The lowest BCUT2D eigenvalue weighted by molar-refractivity contribution is 0.306. The first-order valence-corrected chi connectivity index (χ1v) is 9.07. The van der Waals surface area contributed by atoms with Gasteiger partial charge in [-0.25, -0.2) is 0 Å². The van der Waals surface area contributed by atoms with Gasteiger partial charge in [-0.05, 0) is 56.4 Å². The molecule has 1 aliphatic heterocycles. The molecule has 1 aliphatic rings. The van der Waals surface area contributed by atoms with Gasteiger partial charge in [0, 0.05) is 37.3 Å². The molecule has 0 atom stereocenters. The smallest absolute Gasteiger partial charge is 0.120 e. The predicted molar refractivity (Wildman–Crippen MR) is 102 cm³/mol. The Balaban J connectivity index is 1.73. The van der Waals surface area contributed by atoms with Crippen LogP contribution in [0.2, 0.25) is 0 Å². The number of nitrogens with two attached hydrogens (primary N) is 1. The second-order valence-corrected chi connectivity index (χ2v) is 6.65. The first kappa shape index (κ1) is 17.1. The molecule has 2 aromatic carbocycles. The van der Waals surface area contributed by atoms with Crippen molar-refractivity contribution in [1.29, 1.82) is 0 Å². The molecule has 24 heavy (non-hydrogen) atoms. The van der Waals surface area contributed by atoms with Gasteiger partial charge in [-0.3, -0.25) is 0 Å². The Bertz CT molecular complexity index is 650. The number of piperazine rings is 1. The standard InChI is InChI=1S/C20H29N3O/c1-22-11-13-23(14-12-22)20-7-5-6-17-8-9-18(16-19(17)20)24-15-4-2-3-10-21/h5-9,16H,2-4,10-15,21H2,1H3. The van der Waals surface area contributed by atoms with Crippen molar-refractivity contribution in [2.45, 2.75) is 19.3 Å². The number of hydrogen-bond donors (Lipinski definition) is 1. The Morgan fingerprint density at radius 3 is 2.62 bits per heavy atom. The molecular weight excluding hydrogens is 298 g/mol. The molecule has 0 radical (unpaired) electrons. The number of nitrogens with zero attached hydrogens (tertiary/aromatic N) is 2. The lowest BCUT2D eigenvalue weighted by Crippen LogP contribution is -2.44. The minimum absolute atomic E-state index is 0.766. The van der Waals surface area contributed by atoms with Crippen molar-refractivity contribution in [2.24, 2.45) is 5.73 Å². The summed E-state index contributed by atoms with van der Waals surface area (Å²) in [5, 5.41) is 2.57. The number of fused-ring (bicyclic) bond motifs is 1. The van der Waals surface area contributed by atoms with Crippen LogP contribution in [0.4, 0.5) is 5.69 Å². The van der Waals surface area contributed by atoms with Crippen molar-refractivity contribution < 1.29 is 4.74 Å². The van der Waals surface area contributed by atoms with E-state index in [0.29, 0.717) is 0 Å². The molecule has 1 fully saturated rings. The maximum absolute atomic E-state index is 5.95. The van der Waals surface area contributed by atoms with E-state index in [2.05, 4.69) is 53.2 Å². The van der Waals surface area contributed by atoms with E-state index in [1.165, 1.54) is 16.5 Å². The third-order valence-corrected chi connectivity index (χ3v) is 4.79. The van der Waals surface area contributed by atoms with Crippen LogP contribution in [0.25, 0.3) is 10.8 Å². The normalized spacial score (nSPS) is 15.8. The summed E-state index contributed by atoms with van der Waals surface area (Å²) in [6, 6.07) is 13.0. The quantitative estimate of drug-likeness (QED) is 0.794. The number of hydrogen-bond acceptors (Lipinski definition) is 4. The largest absolute Gasteiger partial charge is 0.494 e. The molecule has 0 saturated carbocycles. The van der Waals surface area contributed by atoms with Gasteiger partial charge in [-0.15, -0.1) is 0 Å². The SMILES string of the molecule is CN1CCN(c2cccc3ccc(OCCCCCN)cc23)CC1. The van der Waals surface area contributed by atoms with Crippen molar-refractivity contribution in [2.75, 3.05) is 51.3 Å². The molecule has 0 amide bonds. The summed E-state index contributed by atoms with van der Waals surface area (Å²) in [6.07, 6.45) is 3.28. The van der Waals surface area contributed by atoms with Crippen LogP contribution in [0.1, 0.15) is 19.3 Å². The lowest BCUT2D eigenvalue weighted by atomic mass is 10.1. The summed E-state index contributed by atoms with van der Waals surface area (Å²) in [5.74, 6) is 0.969. The number of benzene rings is 2. The van der Waals surface area contributed by atoms with Crippen LogP contribution in [-0.2, 0) is 0 Å². The van der Waals surface area contributed by atoms with Crippen molar-refractivity contribution in [3.05, 3.63) is 36.4 Å². The molecule has 130 valence electrons. The van der Waals surface area contributed by atoms with Gasteiger partial charge in [-0.2, -0.15) is 0 Å². The topological polar surface area (TPSA) is 41.7 Å². The van der Waals surface area contributed by atoms with Crippen LogP contribution in [0, 0.1) is 0 Å². The Hall–Kier alpha value is -1.78. The maximum Gasteiger partial charge on any atom is 0.120 e. The highest BCUT2D eigenvalue weighted by Gasteiger charge is 2.16. The number of anilines is 1. The zero-order valence-corrected chi connectivity index (χ0v) is 14.7. The predicted octanol–water partition coefficient (Wildman–Crippen LogP) is 3.10. The third kappa shape index (κ3) is 4.19. The van der Waals surface area contributed by atoms with Gasteiger partial charge in [-0.1, -0.05) is 18.2 Å². The summed E-state index contributed by atoms with van der Waals surface area (Å²) >= 11 is 0. The van der Waals surface area contributed by atoms with Crippen molar-refractivity contribution in [1.82, 2.24) is 4.90 Å². The fourth-order valence-corrected chi connectivity index (χ4v) is 3.26. The summed E-state index contributed by atoms with van der Waals surface area (Å²) in [7, 11) is 2.19. The van der Waals surface area contributed by atoms with E-state index < -0.39 is 0 Å². The Kier molecular flexibility index (Phi) is 5.94. The van der Waals surface area contributed by atoms with E-state index in [0.717, 1.165) is 64.3 Å². The van der Waals surface area contributed by atoms with Crippen LogP contribution < -0.4 is 15.4 Å². The molecule has 4 heteroatoms. The number of unbranched alkanes of at least 4 members (excludes halogenated alkanes) is 2. The molecule has 0 bridgehead atoms. The number of rotatable bonds is 7. The average Bonchev–Trinajstić information content (AvgIpc) is 2.62. The highest BCUT2D eigenvalue weighted by atomic mass is 16.5. The average molecular weight is 327 g/mol. The van der Waals surface area contributed by atoms with Crippen LogP contribution in [0.15, 0.2) is 36.4 Å². The van der Waals surface area contributed by atoms with Gasteiger partial charge < -0.3 is 20.3 Å². The van der Waals surface area contributed by atoms with Gasteiger partial charge in [0.25, 0.3) is 0 Å². The third-order valence-electron chi connectivity index (χ3n) is 4.79. The van der Waals surface area contributed by atoms with E-state index in [4.69, 9.17) is 10.5 Å².